The number of nitrogens with zero attached hydrogens (tertiary/aromatic N) is 1. The third-order valence-corrected chi connectivity index (χ3v) is 9.33. The summed E-state index contributed by atoms with van der Waals surface area (Å²) in [5.41, 5.74) is 0.285. The number of unbranched alkanes of at least 4 members (excludes halogenated alkanes) is 3. The minimum absolute atomic E-state index is 0.000227. The van der Waals surface area contributed by atoms with Crippen LogP contribution < -0.4 is 15.4 Å². The van der Waals surface area contributed by atoms with Crippen molar-refractivity contribution in [2.24, 2.45) is 5.92 Å². The highest BCUT2D eigenvalue weighted by Crippen LogP contribution is 2.35. The van der Waals surface area contributed by atoms with Crippen molar-refractivity contribution in [1.82, 2.24) is 4.98 Å². The summed E-state index contributed by atoms with van der Waals surface area (Å²) in [5.74, 6) is -0.741. The standard InChI is InChI=1S/C31H38ClN3O6S/c1-4-6-7-8-10-21(3)20-41-23-12-14-24(15-13-23)42(39,40)29(5-2)31(38)34-26-18-28(36)27(17-25(26)32)35-30(37)22-11-9-16-33-19-22/h9,11-19,21,29,36H,4-8,10,20H2,1-3H3,(H,34,38)(H,35,37). The van der Waals surface area contributed by atoms with Gasteiger partial charge in [-0.05, 0) is 61.2 Å². The smallest absolute Gasteiger partial charge is 0.257 e. The predicted octanol–water partition coefficient (Wildman–Crippen LogP) is 6.87. The number of nitrogens with one attached hydrogen (secondary N) is 2. The number of aromatic nitrogens is 1. The number of hydrogen-bond acceptors (Lipinski definition) is 7. The normalized spacial score (nSPS) is 12.8. The fourth-order valence-corrected chi connectivity index (χ4v) is 6.17. The maximum Gasteiger partial charge on any atom is 0.257 e. The van der Waals surface area contributed by atoms with Gasteiger partial charge in [-0.3, -0.25) is 14.6 Å². The van der Waals surface area contributed by atoms with E-state index in [-0.39, 0.29) is 39.0 Å². The number of sulfone groups is 1. The highest BCUT2D eigenvalue weighted by atomic mass is 35.5. The zero-order chi connectivity index (χ0) is 30.7. The SMILES string of the molecule is CCCCCCC(C)COc1ccc(S(=O)(=O)C(CC)C(=O)Nc2cc(O)c(NC(=O)c3cccnc3)cc2Cl)cc1. The number of benzene rings is 2. The van der Waals surface area contributed by atoms with E-state index >= 15 is 0 Å². The van der Waals surface area contributed by atoms with E-state index < -0.39 is 26.9 Å². The number of phenolic OH excluding ortho intramolecular Hbond substituents is 1. The molecule has 226 valence electrons. The maximum atomic E-state index is 13.4. The van der Waals surface area contributed by atoms with Crippen molar-refractivity contribution in [2.75, 3.05) is 17.2 Å². The molecule has 3 rings (SSSR count). The quantitative estimate of drug-likeness (QED) is 0.125. The van der Waals surface area contributed by atoms with Crippen LogP contribution in [0, 0.1) is 5.92 Å². The van der Waals surface area contributed by atoms with Crippen LogP contribution in [0.4, 0.5) is 11.4 Å². The van der Waals surface area contributed by atoms with Crippen LogP contribution in [0.25, 0.3) is 0 Å². The van der Waals surface area contributed by atoms with E-state index in [0.29, 0.717) is 18.3 Å². The second-order valence-corrected chi connectivity index (χ2v) is 12.8. The number of carbonyl (C=O) groups excluding carboxylic acids is 2. The molecule has 42 heavy (non-hydrogen) atoms. The Morgan fingerprint density at radius 3 is 2.40 bits per heavy atom. The molecule has 3 aromatic rings. The lowest BCUT2D eigenvalue weighted by molar-refractivity contribution is -0.115. The minimum atomic E-state index is -4.05. The number of amides is 2. The van der Waals surface area contributed by atoms with Gasteiger partial charge in [0.1, 0.15) is 16.7 Å². The Hall–Kier alpha value is -3.63. The van der Waals surface area contributed by atoms with Crippen molar-refractivity contribution < 1.29 is 27.9 Å². The number of halogens is 1. The zero-order valence-electron chi connectivity index (χ0n) is 24.1. The third kappa shape index (κ3) is 8.93. The summed E-state index contributed by atoms with van der Waals surface area (Å²) in [5, 5.41) is 14.1. The highest BCUT2D eigenvalue weighted by molar-refractivity contribution is 7.92. The Kier molecular flexibility index (Phi) is 12.2. The molecule has 2 unspecified atom stereocenters. The summed E-state index contributed by atoms with van der Waals surface area (Å²) < 4.78 is 32.6. The molecule has 1 heterocycles. The van der Waals surface area contributed by atoms with Crippen molar-refractivity contribution in [1.29, 1.82) is 0 Å². The minimum Gasteiger partial charge on any atom is -0.506 e. The lowest BCUT2D eigenvalue weighted by Gasteiger charge is -2.18. The molecule has 11 heteroatoms. The van der Waals surface area contributed by atoms with Crippen molar-refractivity contribution in [3.05, 3.63) is 71.5 Å². The van der Waals surface area contributed by atoms with E-state index in [2.05, 4.69) is 29.5 Å². The number of rotatable bonds is 15. The second-order valence-electron chi connectivity index (χ2n) is 10.2. The van der Waals surface area contributed by atoms with Gasteiger partial charge in [0.15, 0.2) is 9.84 Å². The van der Waals surface area contributed by atoms with Crippen LogP contribution in [0.3, 0.4) is 0 Å². The monoisotopic (exact) mass is 615 g/mol. The lowest BCUT2D eigenvalue weighted by atomic mass is 10.0. The summed E-state index contributed by atoms with van der Waals surface area (Å²) in [6.45, 7) is 6.45. The van der Waals surface area contributed by atoms with Crippen molar-refractivity contribution in [2.45, 2.75) is 69.4 Å². The van der Waals surface area contributed by atoms with Crippen LogP contribution in [0.2, 0.25) is 5.02 Å². The van der Waals surface area contributed by atoms with Gasteiger partial charge in [0.25, 0.3) is 5.91 Å². The molecule has 0 bridgehead atoms. The molecule has 2 aromatic carbocycles. The van der Waals surface area contributed by atoms with Crippen LogP contribution >= 0.6 is 11.6 Å². The summed E-state index contributed by atoms with van der Waals surface area (Å²) in [4.78, 5) is 29.4. The van der Waals surface area contributed by atoms with Gasteiger partial charge in [0.2, 0.25) is 5.91 Å². The topological polar surface area (TPSA) is 135 Å². The van der Waals surface area contributed by atoms with Crippen LogP contribution in [-0.2, 0) is 14.6 Å². The number of phenols is 1. The summed E-state index contributed by atoms with van der Waals surface area (Å²) in [6.07, 6.45) is 8.76. The van der Waals surface area contributed by atoms with E-state index in [1.165, 1.54) is 49.9 Å². The van der Waals surface area contributed by atoms with Gasteiger partial charge in [-0.25, -0.2) is 8.42 Å². The molecule has 0 spiro atoms. The zero-order valence-corrected chi connectivity index (χ0v) is 25.7. The molecular weight excluding hydrogens is 578 g/mol. The number of pyridine rings is 1. The first-order valence-electron chi connectivity index (χ1n) is 14.1. The Morgan fingerprint density at radius 2 is 1.76 bits per heavy atom. The number of carbonyl (C=O) groups is 2. The van der Waals surface area contributed by atoms with E-state index in [1.54, 1.807) is 31.2 Å². The van der Waals surface area contributed by atoms with E-state index in [1.807, 2.05) is 0 Å². The van der Waals surface area contributed by atoms with Crippen LogP contribution in [0.5, 0.6) is 11.5 Å². The third-order valence-electron chi connectivity index (χ3n) is 6.79. The largest absolute Gasteiger partial charge is 0.506 e. The van der Waals surface area contributed by atoms with Gasteiger partial charge in [-0.2, -0.15) is 0 Å². The van der Waals surface area contributed by atoms with E-state index in [0.717, 1.165) is 18.9 Å². The van der Waals surface area contributed by atoms with Crippen molar-refractivity contribution in [3.8, 4) is 11.5 Å². The molecule has 0 saturated heterocycles. The van der Waals surface area contributed by atoms with Crippen LogP contribution in [-0.4, -0.2) is 42.2 Å². The first-order chi connectivity index (χ1) is 20.1. The number of hydrogen-bond donors (Lipinski definition) is 3. The number of ether oxygens (including phenoxy) is 1. The fraction of sp³-hybridized carbons (Fsp3) is 0.387. The Morgan fingerprint density at radius 1 is 1.02 bits per heavy atom. The van der Waals surface area contributed by atoms with E-state index in [9.17, 15) is 23.1 Å². The Balaban J connectivity index is 1.65. The maximum absolute atomic E-state index is 13.4. The second kappa shape index (κ2) is 15.6. The fourth-order valence-electron chi connectivity index (χ4n) is 4.34. The number of anilines is 2. The molecule has 9 nitrogen and oxygen atoms in total. The molecular formula is C31H38ClN3O6S. The molecule has 3 N–H and O–H groups in total. The molecule has 0 fully saturated rings. The first-order valence-corrected chi connectivity index (χ1v) is 16.0. The van der Waals surface area contributed by atoms with E-state index in [4.69, 9.17) is 16.3 Å². The Bertz CT molecular complexity index is 1450. The highest BCUT2D eigenvalue weighted by Gasteiger charge is 2.33. The van der Waals surface area contributed by atoms with Gasteiger partial charge in [0.05, 0.1) is 33.5 Å². The summed E-state index contributed by atoms with van der Waals surface area (Å²) in [7, 11) is -4.05. The first kappa shape index (κ1) is 32.9. The molecule has 0 saturated carbocycles. The lowest BCUT2D eigenvalue weighted by Crippen LogP contribution is -2.34. The van der Waals surface area contributed by atoms with Crippen LogP contribution in [0.1, 0.15) is 69.7 Å². The van der Waals surface area contributed by atoms with Gasteiger partial charge >= 0.3 is 0 Å². The van der Waals surface area contributed by atoms with Gasteiger partial charge < -0.3 is 20.5 Å². The molecule has 0 aliphatic heterocycles. The predicted molar refractivity (Wildman–Crippen MR) is 165 cm³/mol. The van der Waals surface area contributed by atoms with Gasteiger partial charge in [-0.1, -0.05) is 58.1 Å². The molecule has 0 aliphatic rings. The molecule has 2 amide bonds. The summed E-state index contributed by atoms with van der Waals surface area (Å²) in [6, 6.07) is 11.6. The van der Waals surface area contributed by atoms with Crippen molar-refractivity contribution >= 4 is 44.6 Å². The van der Waals surface area contributed by atoms with Crippen molar-refractivity contribution in [3.63, 3.8) is 0 Å². The number of aromatic hydroxyl groups is 1. The van der Waals surface area contributed by atoms with Gasteiger partial charge in [-0.15, -0.1) is 0 Å². The van der Waals surface area contributed by atoms with Gasteiger partial charge in [0, 0.05) is 18.5 Å². The average molecular weight is 616 g/mol. The molecule has 0 aliphatic carbocycles. The Labute approximate surface area is 252 Å². The molecule has 0 radical (unpaired) electrons. The molecule has 2 atom stereocenters. The average Bonchev–Trinajstić information content (AvgIpc) is 2.97. The summed E-state index contributed by atoms with van der Waals surface area (Å²) >= 11 is 6.31. The van der Waals surface area contributed by atoms with Crippen LogP contribution in [0.15, 0.2) is 65.8 Å². The molecule has 1 aromatic heterocycles.